The molecule has 1 fully saturated rings. The van der Waals surface area contributed by atoms with E-state index >= 15 is 0 Å². The maximum atomic E-state index is 12.4. The number of benzene rings is 2. The summed E-state index contributed by atoms with van der Waals surface area (Å²) in [5, 5.41) is 7.02. The van der Waals surface area contributed by atoms with Crippen LogP contribution in [0.4, 0.5) is 4.79 Å². The number of hydrogen-bond acceptors (Lipinski definition) is 3. The third-order valence-electron chi connectivity index (χ3n) is 5.62. The number of para-hydroxylation sites is 1. The molecule has 0 radical (unpaired) electrons. The molecule has 2 aromatic carbocycles. The van der Waals surface area contributed by atoms with Crippen LogP contribution in [-0.4, -0.2) is 24.0 Å². The lowest BCUT2D eigenvalue weighted by atomic mass is 10.0. The van der Waals surface area contributed by atoms with Crippen molar-refractivity contribution in [2.24, 2.45) is 0 Å². The fraction of sp³-hybridized carbons (Fsp3) is 0.375. The second-order valence-corrected chi connectivity index (χ2v) is 7.84. The van der Waals surface area contributed by atoms with Crippen LogP contribution in [0.25, 0.3) is 11.0 Å². The van der Waals surface area contributed by atoms with E-state index in [0.717, 1.165) is 36.4 Å². The Balaban J connectivity index is 1.33. The van der Waals surface area contributed by atoms with Crippen molar-refractivity contribution in [3.05, 3.63) is 71.5 Å². The van der Waals surface area contributed by atoms with Crippen LogP contribution in [0.5, 0.6) is 0 Å². The Morgan fingerprint density at radius 2 is 1.76 bits per heavy atom. The molecular formula is C24H29N3O2. The fourth-order valence-electron chi connectivity index (χ4n) is 3.95. The first-order chi connectivity index (χ1) is 14.2. The minimum Gasteiger partial charge on any atom is -0.459 e. The van der Waals surface area contributed by atoms with E-state index in [1.165, 1.54) is 30.4 Å². The van der Waals surface area contributed by atoms with Crippen LogP contribution < -0.4 is 10.6 Å². The molecule has 29 heavy (non-hydrogen) atoms. The molecule has 0 aliphatic carbocycles. The summed E-state index contributed by atoms with van der Waals surface area (Å²) in [7, 11) is 0. The van der Waals surface area contributed by atoms with Gasteiger partial charge in [0.2, 0.25) is 0 Å². The van der Waals surface area contributed by atoms with Gasteiger partial charge in [0.25, 0.3) is 0 Å². The van der Waals surface area contributed by atoms with Crippen LogP contribution in [0.1, 0.15) is 49.1 Å². The Kier molecular flexibility index (Phi) is 6.15. The van der Waals surface area contributed by atoms with Crippen LogP contribution in [-0.2, 0) is 13.1 Å². The van der Waals surface area contributed by atoms with E-state index in [2.05, 4.69) is 33.7 Å². The summed E-state index contributed by atoms with van der Waals surface area (Å²) in [6.07, 6.45) is 3.90. The molecule has 5 heteroatoms. The van der Waals surface area contributed by atoms with Crippen LogP contribution in [0.2, 0.25) is 0 Å². The molecule has 1 aliphatic rings. The number of urea groups is 1. The molecule has 1 atom stereocenters. The topological polar surface area (TPSA) is 57.5 Å². The zero-order valence-corrected chi connectivity index (χ0v) is 17.0. The molecule has 1 aliphatic heterocycles. The highest BCUT2D eigenvalue weighted by Gasteiger charge is 2.15. The SMILES string of the molecule is CC(NC(=O)NCc1ccccc1CN1CCCCC1)c1cc2ccccc2o1. The summed E-state index contributed by atoms with van der Waals surface area (Å²) in [6.45, 7) is 5.73. The number of piperidine rings is 1. The van der Waals surface area contributed by atoms with Gasteiger partial charge in [0.1, 0.15) is 11.3 Å². The van der Waals surface area contributed by atoms with Gasteiger partial charge in [-0.3, -0.25) is 4.90 Å². The maximum Gasteiger partial charge on any atom is 0.315 e. The number of furan rings is 1. The van der Waals surface area contributed by atoms with Gasteiger partial charge in [-0.15, -0.1) is 0 Å². The zero-order valence-electron chi connectivity index (χ0n) is 17.0. The van der Waals surface area contributed by atoms with E-state index in [0.29, 0.717) is 6.54 Å². The van der Waals surface area contributed by atoms with Crippen LogP contribution >= 0.6 is 0 Å². The quantitative estimate of drug-likeness (QED) is 0.623. The van der Waals surface area contributed by atoms with Gasteiger partial charge in [0, 0.05) is 18.5 Å². The summed E-state index contributed by atoms with van der Waals surface area (Å²) in [6, 6.07) is 17.8. The van der Waals surface area contributed by atoms with E-state index < -0.39 is 0 Å². The first-order valence-electron chi connectivity index (χ1n) is 10.5. The lowest BCUT2D eigenvalue weighted by Gasteiger charge is -2.27. The molecule has 4 rings (SSSR count). The van der Waals surface area contributed by atoms with Crippen molar-refractivity contribution in [1.82, 2.24) is 15.5 Å². The summed E-state index contributed by atoms with van der Waals surface area (Å²) < 4.78 is 5.85. The Labute approximate surface area is 172 Å². The number of nitrogens with zero attached hydrogens (tertiary/aromatic N) is 1. The first-order valence-corrected chi connectivity index (χ1v) is 10.5. The monoisotopic (exact) mass is 391 g/mol. The van der Waals surface area contributed by atoms with Crippen molar-refractivity contribution < 1.29 is 9.21 Å². The summed E-state index contributed by atoms with van der Waals surface area (Å²) in [5.74, 6) is 0.756. The largest absolute Gasteiger partial charge is 0.459 e. The average molecular weight is 392 g/mol. The molecule has 1 unspecified atom stereocenters. The van der Waals surface area contributed by atoms with Gasteiger partial charge in [0.05, 0.1) is 6.04 Å². The Morgan fingerprint density at radius 1 is 1.03 bits per heavy atom. The number of nitrogens with one attached hydrogen (secondary N) is 2. The van der Waals surface area contributed by atoms with Gasteiger partial charge in [-0.1, -0.05) is 48.9 Å². The van der Waals surface area contributed by atoms with Crippen LogP contribution in [0, 0.1) is 0 Å². The Hall–Kier alpha value is -2.79. The first kappa shape index (κ1) is 19.5. The number of rotatable bonds is 6. The van der Waals surface area contributed by atoms with E-state index in [4.69, 9.17) is 4.42 Å². The summed E-state index contributed by atoms with van der Waals surface area (Å²) >= 11 is 0. The van der Waals surface area contributed by atoms with Gasteiger partial charge < -0.3 is 15.1 Å². The summed E-state index contributed by atoms with van der Waals surface area (Å²) in [4.78, 5) is 14.9. The number of amides is 2. The lowest BCUT2D eigenvalue weighted by Crippen LogP contribution is -2.37. The van der Waals surface area contributed by atoms with Gasteiger partial charge >= 0.3 is 6.03 Å². The molecule has 2 amide bonds. The molecule has 2 heterocycles. The molecule has 3 aromatic rings. The zero-order chi connectivity index (χ0) is 20.1. The normalized spacial score (nSPS) is 15.9. The Morgan fingerprint density at radius 3 is 2.55 bits per heavy atom. The molecule has 0 saturated carbocycles. The van der Waals surface area contributed by atoms with Crippen LogP contribution in [0.3, 0.4) is 0 Å². The van der Waals surface area contributed by atoms with Crippen molar-refractivity contribution in [2.45, 2.75) is 45.3 Å². The second kappa shape index (κ2) is 9.14. The predicted octanol–water partition coefficient (Wildman–Crippen LogP) is 4.98. The molecule has 152 valence electrons. The van der Waals surface area contributed by atoms with Gasteiger partial charge in [0.15, 0.2) is 0 Å². The maximum absolute atomic E-state index is 12.4. The number of carbonyl (C=O) groups is 1. The molecule has 0 bridgehead atoms. The number of fused-ring (bicyclic) bond motifs is 1. The minimum absolute atomic E-state index is 0.189. The van der Waals surface area contributed by atoms with Crippen molar-refractivity contribution in [1.29, 1.82) is 0 Å². The fourth-order valence-corrected chi connectivity index (χ4v) is 3.95. The average Bonchev–Trinajstić information content (AvgIpc) is 3.18. The molecule has 5 nitrogen and oxygen atoms in total. The molecule has 2 N–H and O–H groups in total. The van der Waals surface area contributed by atoms with Gasteiger partial charge in [-0.2, -0.15) is 0 Å². The van der Waals surface area contributed by atoms with Crippen LogP contribution in [0.15, 0.2) is 59.0 Å². The molecule has 0 spiro atoms. The van der Waals surface area contributed by atoms with Gasteiger partial charge in [-0.05, 0) is 56.1 Å². The lowest BCUT2D eigenvalue weighted by molar-refractivity contribution is 0.220. The van der Waals surface area contributed by atoms with E-state index in [9.17, 15) is 4.79 Å². The highest BCUT2D eigenvalue weighted by molar-refractivity contribution is 5.78. The van der Waals surface area contributed by atoms with E-state index in [1.54, 1.807) is 0 Å². The van der Waals surface area contributed by atoms with Crippen molar-refractivity contribution in [3.8, 4) is 0 Å². The third kappa shape index (κ3) is 4.98. The number of likely N-dealkylation sites (tertiary alicyclic amines) is 1. The number of hydrogen-bond donors (Lipinski definition) is 2. The summed E-state index contributed by atoms with van der Waals surface area (Å²) in [5.41, 5.74) is 3.30. The van der Waals surface area contributed by atoms with Crippen molar-refractivity contribution >= 4 is 17.0 Å². The van der Waals surface area contributed by atoms with Crippen molar-refractivity contribution in [3.63, 3.8) is 0 Å². The smallest absolute Gasteiger partial charge is 0.315 e. The Bertz CT molecular complexity index is 926. The highest BCUT2D eigenvalue weighted by atomic mass is 16.3. The van der Waals surface area contributed by atoms with Gasteiger partial charge in [-0.25, -0.2) is 4.79 Å². The van der Waals surface area contributed by atoms with E-state index in [1.807, 2.05) is 43.3 Å². The molecular weight excluding hydrogens is 362 g/mol. The number of carbonyl (C=O) groups excluding carboxylic acids is 1. The highest BCUT2D eigenvalue weighted by Crippen LogP contribution is 2.23. The third-order valence-corrected chi connectivity index (χ3v) is 5.62. The van der Waals surface area contributed by atoms with E-state index in [-0.39, 0.29) is 12.1 Å². The molecule has 1 saturated heterocycles. The molecule has 1 aromatic heterocycles. The minimum atomic E-state index is -0.203. The predicted molar refractivity (Wildman–Crippen MR) is 116 cm³/mol. The second-order valence-electron chi connectivity index (χ2n) is 7.84. The van der Waals surface area contributed by atoms with Crippen molar-refractivity contribution in [2.75, 3.05) is 13.1 Å². The standard InChI is InChI=1S/C24H29N3O2/c1-18(23-15-19-9-5-6-12-22(19)29-23)26-24(28)25-16-20-10-3-4-11-21(20)17-27-13-7-2-8-14-27/h3-6,9-12,15,18H,2,7-8,13-14,16-17H2,1H3,(H2,25,26,28).